The Balaban J connectivity index is 2.19. The van der Waals surface area contributed by atoms with E-state index in [1.165, 1.54) is 33.2 Å². The van der Waals surface area contributed by atoms with E-state index in [4.69, 9.17) is 18.9 Å². The number of para-hydroxylation sites is 1. The molecule has 2 heterocycles. The summed E-state index contributed by atoms with van der Waals surface area (Å²) in [4.78, 5) is 29.5. The van der Waals surface area contributed by atoms with Crippen LogP contribution in [0.25, 0.3) is 0 Å². The largest absolute Gasteiger partial charge is 0.507 e. The smallest absolute Gasteiger partial charge is 0.316 e. The lowest BCUT2D eigenvalue weighted by Crippen LogP contribution is -2.60. The first-order chi connectivity index (χ1) is 23.3. The number of carbonyl (C=O) groups excluding carboxylic acids is 2. The number of aliphatic hydroxyl groups excluding tert-OH is 2. The molecule has 0 amide bonds. The summed E-state index contributed by atoms with van der Waals surface area (Å²) in [5, 5.41) is 53.9. The van der Waals surface area contributed by atoms with Crippen LogP contribution in [-0.4, -0.2) is 124 Å². The van der Waals surface area contributed by atoms with E-state index in [1.54, 1.807) is 45.9 Å². The van der Waals surface area contributed by atoms with Crippen LogP contribution in [0.15, 0.2) is 34.5 Å². The number of rotatable bonds is 7. The Kier molecular flexibility index (Phi) is 14.3. The number of phenols is 1. The quantitative estimate of drug-likeness (QED) is 0.142. The number of carbonyl (C=O) groups is 2. The van der Waals surface area contributed by atoms with Crippen molar-refractivity contribution in [3.63, 3.8) is 0 Å². The Morgan fingerprint density at radius 2 is 1.70 bits per heavy atom. The van der Waals surface area contributed by atoms with E-state index < -0.39 is 77.3 Å². The molecule has 0 saturated carbocycles. The van der Waals surface area contributed by atoms with Crippen molar-refractivity contribution in [2.24, 2.45) is 33.9 Å². The number of cyclic esters (lactones) is 1. The summed E-state index contributed by atoms with van der Waals surface area (Å²) in [6.07, 6.45) is -3.81. The molecule has 0 radical (unpaired) electrons. The van der Waals surface area contributed by atoms with Crippen molar-refractivity contribution in [2.75, 3.05) is 21.2 Å². The Labute approximate surface area is 296 Å². The number of likely N-dealkylation sites (N-methyl/N-ethyl adjacent to an activating group) is 1. The third kappa shape index (κ3) is 9.17. The SMILES string of the molecule is CC[C@H]1OC(=O)[C@H](C)C(=O)[C@H](C)[C@@H](OC2OC(C)CC(N(C)C)C2O)[C@](C)(OC)C[C@@H](C)/C(=N\N=C\c2ccccc2O)[C@H](C)[C@@H](O)[C@]1(C)O. The van der Waals surface area contributed by atoms with Crippen molar-refractivity contribution >= 4 is 23.7 Å². The lowest BCUT2D eigenvalue weighted by Gasteiger charge is -2.47. The minimum atomic E-state index is -1.94. The third-order valence-corrected chi connectivity index (χ3v) is 10.7. The summed E-state index contributed by atoms with van der Waals surface area (Å²) in [6, 6.07) is 6.35. The number of esters is 1. The molecule has 4 N–H and O–H groups in total. The number of hydrogen-bond acceptors (Lipinski definition) is 13. The van der Waals surface area contributed by atoms with Crippen LogP contribution in [0, 0.1) is 23.7 Å². The molecule has 2 aliphatic heterocycles. The molecule has 0 spiro atoms. The minimum absolute atomic E-state index is 0.0110. The van der Waals surface area contributed by atoms with Gasteiger partial charge in [0.2, 0.25) is 0 Å². The third-order valence-electron chi connectivity index (χ3n) is 10.7. The van der Waals surface area contributed by atoms with E-state index in [9.17, 15) is 30.0 Å². The van der Waals surface area contributed by atoms with Crippen molar-refractivity contribution in [3.8, 4) is 5.75 Å². The monoisotopic (exact) mass is 705 g/mol. The van der Waals surface area contributed by atoms with Gasteiger partial charge in [-0.3, -0.25) is 9.59 Å². The first kappa shape index (κ1) is 41.6. The summed E-state index contributed by atoms with van der Waals surface area (Å²) < 4.78 is 24.6. The maximum absolute atomic E-state index is 14.1. The van der Waals surface area contributed by atoms with Crippen LogP contribution in [0.2, 0.25) is 0 Å². The molecule has 50 heavy (non-hydrogen) atoms. The van der Waals surface area contributed by atoms with E-state index in [0.717, 1.165) is 0 Å². The van der Waals surface area contributed by atoms with Crippen molar-refractivity contribution in [3.05, 3.63) is 29.8 Å². The zero-order valence-electron chi connectivity index (χ0n) is 31.4. The molecule has 1 aromatic carbocycles. The highest BCUT2D eigenvalue weighted by Crippen LogP contribution is 2.38. The fourth-order valence-corrected chi connectivity index (χ4v) is 7.39. The van der Waals surface area contributed by atoms with Crippen molar-refractivity contribution in [1.29, 1.82) is 0 Å². The van der Waals surface area contributed by atoms with Crippen LogP contribution >= 0.6 is 0 Å². The van der Waals surface area contributed by atoms with Crippen molar-refractivity contribution < 1.29 is 49.0 Å². The summed E-state index contributed by atoms with van der Waals surface area (Å²) in [6.45, 7) is 13.4. The molecule has 0 bridgehead atoms. The van der Waals surface area contributed by atoms with E-state index in [1.807, 2.05) is 32.8 Å². The van der Waals surface area contributed by atoms with E-state index in [2.05, 4.69) is 10.2 Å². The normalized spacial score (nSPS) is 40.6. The molecule has 1 aromatic rings. The van der Waals surface area contributed by atoms with E-state index in [-0.39, 0.29) is 30.7 Å². The molecule has 13 nitrogen and oxygen atoms in total. The fraction of sp³-hybridized carbons (Fsp3) is 0.730. The molecular weight excluding hydrogens is 646 g/mol. The van der Waals surface area contributed by atoms with Gasteiger partial charge in [-0.1, -0.05) is 39.8 Å². The Morgan fingerprint density at radius 3 is 2.28 bits per heavy atom. The fourth-order valence-electron chi connectivity index (χ4n) is 7.39. The number of hydrogen-bond donors (Lipinski definition) is 4. The standard InChI is InChI=1S/C37H59N3O10/c1-12-28-37(8,46)32(44)22(4)29(39-38-19-25-15-13-14-16-27(25)41)20(2)18-36(7,47-11)33(23(5)30(42)24(6)34(45)49-28)50-35-31(43)26(40(9)10)17-21(3)48-35/h13-16,19-24,26,28,31-33,35,41,43-44,46H,12,17-18H2,1-11H3/b38-19+,39-29+/t20-,21?,22+,23+,24-,26?,28-,31?,32-,33-,35?,36-,37-/m1/s1. The summed E-state index contributed by atoms with van der Waals surface area (Å²) in [5.41, 5.74) is -2.38. The molecule has 2 saturated heterocycles. The van der Waals surface area contributed by atoms with Gasteiger partial charge in [0.05, 0.1) is 30.1 Å². The van der Waals surface area contributed by atoms with Gasteiger partial charge >= 0.3 is 5.97 Å². The number of aliphatic hydroxyl groups is 3. The number of phenolic OH excluding ortho intramolecular Hbond substituents is 1. The van der Waals surface area contributed by atoms with Gasteiger partial charge < -0.3 is 44.3 Å². The molecule has 4 unspecified atom stereocenters. The Morgan fingerprint density at radius 1 is 1.06 bits per heavy atom. The number of nitrogens with zero attached hydrogens (tertiary/aromatic N) is 3. The lowest BCUT2D eigenvalue weighted by molar-refractivity contribution is -0.295. The molecule has 0 aromatic heterocycles. The molecule has 13 atom stereocenters. The second-order valence-corrected chi connectivity index (χ2v) is 14.8. The zero-order chi connectivity index (χ0) is 37.7. The predicted molar refractivity (Wildman–Crippen MR) is 189 cm³/mol. The molecule has 2 fully saturated rings. The van der Waals surface area contributed by atoms with Gasteiger partial charge in [0.1, 0.15) is 29.5 Å². The van der Waals surface area contributed by atoms with Crippen molar-refractivity contribution in [1.82, 2.24) is 4.90 Å². The maximum atomic E-state index is 14.1. The van der Waals surface area contributed by atoms with Gasteiger partial charge in [0, 0.05) is 36.3 Å². The first-order valence-electron chi connectivity index (χ1n) is 17.5. The van der Waals surface area contributed by atoms with Gasteiger partial charge in [-0.15, -0.1) is 0 Å². The van der Waals surface area contributed by atoms with Crippen LogP contribution in [0.3, 0.4) is 0 Å². The molecule has 0 aliphatic carbocycles. The van der Waals surface area contributed by atoms with Crippen LogP contribution in [0.5, 0.6) is 5.75 Å². The average molecular weight is 706 g/mol. The average Bonchev–Trinajstić information content (AvgIpc) is 3.07. The Bertz CT molecular complexity index is 1370. The number of Topliss-reactive ketones (excluding diaryl/α,β-unsaturated/α-hetero) is 1. The number of ketones is 1. The van der Waals surface area contributed by atoms with Gasteiger partial charge in [-0.2, -0.15) is 10.2 Å². The first-order valence-corrected chi connectivity index (χ1v) is 17.5. The molecule has 3 rings (SSSR count). The second kappa shape index (κ2) is 17.2. The van der Waals surface area contributed by atoms with Gasteiger partial charge in [-0.05, 0) is 79.1 Å². The molecule has 2 aliphatic rings. The summed E-state index contributed by atoms with van der Waals surface area (Å²) >= 11 is 0. The molecule has 282 valence electrons. The second-order valence-electron chi connectivity index (χ2n) is 14.8. The maximum Gasteiger partial charge on any atom is 0.316 e. The topological polar surface area (TPSA) is 180 Å². The number of ether oxygens (including phenoxy) is 4. The van der Waals surface area contributed by atoms with Crippen LogP contribution in [-0.2, 0) is 28.5 Å². The van der Waals surface area contributed by atoms with Crippen LogP contribution in [0.1, 0.15) is 80.2 Å². The highest BCUT2D eigenvalue weighted by atomic mass is 16.7. The Hall–Kier alpha value is -2.78. The summed E-state index contributed by atoms with van der Waals surface area (Å²) in [7, 11) is 5.22. The lowest BCUT2D eigenvalue weighted by atomic mass is 9.74. The van der Waals surface area contributed by atoms with Crippen LogP contribution in [0.4, 0.5) is 0 Å². The molecular formula is C37H59N3O10. The van der Waals surface area contributed by atoms with E-state index in [0.29, 0.717) is 17.7 Å². The number of benzene rings is 1. The zero-order valence-corrected chi connectivity index (χ0v) is 31.4. The van der Waals surface area contributed by atoms with E-state index >= 15 is 0 Å². The highest BCUT2D eigenvalue weighted by Gasteiger charge is 2.51. The van der Waals surface area contributed by atoms with Crippen molar-refractivity contribution in [2.45, 2.75) is 129 Å². The number of aromatic hydroxyl groups is 1. The summed E-state index contributed by atoms with van der Waals surface area (Å²) in [5.74, 6) is -4.84. The highest BCUT2D eigenvalue weighted by molar-refractivity contribution is 6.00. The van der Waals surface area contributed by atoms with Gasteiger partial charge in [-0.25, -0.2) is 0 Å². The predicted octanol–water partition coefficient (Wildman–Crippen LogP) is 3.33. The molecule has 13 heteroatoms. The number of methoxy groups -OCH3 is 1. The van der Waals surface area contributed by atoms with Gasteiger partial charge in [0.25, 0.3) is 0 Å². The minimum Gasteiger partial charge on any atom is -0.507 e. The van der Waals surface area contributed by atoms with Crippen LogP contribution < -0.4 is 0 Å². The van der Waals surface area contributed by atoms with Gasteiger partial charge in [0.15, 0.2) is 12.1 Å².